The zero-order valence-corrected chi connectivity index (χ0v) is 7.36. The van der Waals surface area contributed by atoms with Crippen LogP contribution in [0.3, 0.4) is 0 Å². The monoisotopic (exact) mass is 194 g/mol. The van der Waals surface area contributed by atoms with E-state index in [1.807, 2.05) is 0 Å². The molecule has 0 aliphatic heterocycles. The normalized spacial score (nSPS) is 10.6. The summed E-state index contributed by atoms with van der Waals surface area (Å²) in [6.07, 6.45) is 1.40. The smallest absolute Gasteiger partial charge is 0.172 e. The minimum atomic E-state index is 0.0368. The average Bonchev–Trinajstić information content (AvgIpc) is 2.58. The Bertz CT molecular complexity index is 439. The van der Waals surface area contributed by atoms with Crippen molar-refractivity contribution >= 4 is 22.7 Å². The van der Waals surface area contributed by atoms with Gasteiger partial charge in [-0.3, -0.25) is 5.10 Å². The van der Waals surface area contributed by atoms with Crippen LogP contribution in [-0.4, -0.2) is 38.4 Å². The predicted octanol–water partition coefficient (Wildman–Crippen LogP) is -0.661. The number of aromatic nitrogens is 4. The Balaban J connectivity index is 2.44. The molecule has 0 unspecified atom stereocenters. The van der Waals surface area contributed by atoms with Crippen molar-refractivity contribution in [3.8, 4) is 0 Å². The van der Waals surface area contributed by atoms with Crippen molar-refractivity contribution in [2.45, 2.75) is 0 Å². The van der Waals surface area contributed by atoms with Gasteiger partial charge in [0.05, 0.1) is 6.61 Å². The van der Waals surface area contributed by atoms with E-state index >= 15 is 0 Å². The first-order chi connectivity index (χ1) is 6.83. The Morgan fingerprint density at radius 2 is 2.36 bits per heavy atom. The van der Waals surface area contributed by atoms with Gasteiger partial charge in [-0.05, 0) is 0 Å². The van der Waals surface area contributed by atoms with E-state index in [-0.39, 0.29) is 6.61 Å². The largest absolute Gasteiger partial charge is 0.395 e. The zero-order chi connectivity index (χ0) is 9.97. The van der Waals surface area contributed by atoms with Crippen LogP contribution in [-0.2, 0) is 0 Å². The second kappa shape index (κ2) is 3.46. The van der Waals surface area contributed by atoms with Gasteiger partial charge in [0.15, 0.2) is 11.6 Å². The number of aromatic amines is 1. The molecule has 7 heteroatoms. The highest BCUT2D eigenvalue weighted by Crippen LogP contribution is 2.19. The number of aliphatic hydroxyl groups is 1. The van der Waals surface area contributed by atoms with Crippen molar-refractivity contribution in [1.82, 2.24) is 20.2 Å². The lowest BCUT2D eigenvalue weighted by Crippen LogP contribution is -2.07. The van der Waals surface area contributed by atoms with Crippen LogP contribution in [0.2, 0.25) is 0 Å². The number of H-pyrrole nitrogens is 1. The number of aliphatic hydroxyl groups excluding tert-OH is 1. The van der Waals surface area contributed by atoms with Gasteiger partial charge in [0, 0.05) is 6.54 Å². The van der Waals surface area contributed by atoms with Gasteiger partial charge in [-0.25, -0.2) is 9.97 Å². The topological polar surface area (TPSA) is 113 Å². The maximum atomic E-state index is 8.65. The van der Waals surface area contributed by atoms with Crippen LogP contribution in [0.1, 0.15) is 0 Å². The summed E-state index contributed by atoms with van der Waals surface area (Å²) in [5, 5.41) is 18.1. The predicted molar refractivity (Wildman–Crippen MR) is 51.7 cm³/mol. The first-order valence-electron chi connectivity index (χ1n) is 4.12. The molecule has 0 saturated heterocycles. The number of anilines is 2. The third kappa shape index (κ3) is 1.33. The van der Waals surface area contributed by atoms with E-state index in [1.165, 1.54) is 6.33 Å². The van der Waals surface area contributed by atoms with E-state index in [9.17, 15) is 0 Å². The number of hydrogen-bond acceptors (Lipinski definition) is 6. The number of rotatable bonds is 3. The minimum absolute atomic E-state index is 0.0368. The Kier molecular flexibility index (Phi) is 2.15. The summed E-state index contributed by atoms with van der Waals surface area (Å²) >= 11 is 0. The second-order valence-electron chi connectivity index (χ2n) is 2.71. The number of nitrogens with one attached hydrogen (secondary N) is 2. The van der Waals surface area contributed by atoms with Gasteiger partial charge < -0.3 is 16.2 Å². The highest BCUT2D eigenvalue weighted by atomic mass is 16.3. The molecule has 14 heavy (non-hydrogen) atoms. The van der Waals surface area contributed by atoms with E-state index < -0.39 is 0 Å². The molecule has 0 aliphatic carbocycles. The summed E-state index contributed by atoms with van der Waals surface area (Å²) in [6, 6.07) is 0. The molecule has 2 aromatic rings. The van der Waals surface area contributed by atoms with Gasteiger partial charge in [-0.1, -0.05) is 0 Å². The minimum Gasteiger partial charge on any atom is -0.395 e. The average molecular weight is 194 g/mol. The fourth-order valence-corrected chi connectivity index (χ4v) is 1.16. The molecule has 0 amide bonds. The molecular formula is C7H10N6O. The van der Waals surface area contributed by atoms with Crippen molar-refractivity contribution in [3.63, 3.8) is 0 Å². The number of fused-ring (bicyclic) bond motifs is 1. The Hall–Kier alpha value is -1.89. The van der Waals surface area contributed by atoms with E-state index in [4.69, 9.17) is 10.8 Å². The number of nitrogen functional groups attached to an aromatic ring is 1. The lowest BCUT2D eigenvalue weighted by Gasteiger charge is -2.02. The van der Waals surface area contributed by atoms with E-state index in [2.05, 4.69) is 25.5 Å². The summed E-state index contributed by atoms with van der Waals surface area (Å²) < 4.78 is 0. The van der Waals surface area contributed by atoms with Gasteiger partial charge in [-0.2, -0.15) is 5.10 Å². The van der Waals surface area contributed by atoms with Crippen molar-refractivity contribution in [2.75, 3.05) is 24.2 Å². The maximum absolute atomic E-state index is 8.65. The molecular weight excluding hydrogens is 184 g/mol. The van der Waals surface area contributed by atoms with Gasteiger partial charge in [0.1, 0.15) is 17.4 Å². The fourth-order valence-electron chi connectivity index (χ4n) is 1.16. The zero-order valence-electron chi connectivity index (χ0n) is 7.36. The van der Waals surface area contributed by atoms with E-state index in [1.54, 1.807) is 0 Å². The second-order valence-corrected chi connectivity index (χ2v) is 2.71. The third-order valence-electron chi connectivity index (χ3n) is 1.78. The van der Waals surface area contributed by atoms with E-state index in [0.717, 1.165) is 0 Å². The van der Waals surface area contributed by atoms with Crippen molar-refractivity contribution in [1.29, 1.82) is 0 Å². The molecule has 7 nitrogen and oxygen atoms in total. The van der Waals surface area contributed by atoms with Crippen molar-refractivity contribution in [3.05, 3.63) is 6.33 Å². The van der Waals surface area contributed by atoms with Gasteiger partial charge in [0.2, 0.25) is 0 Å². The molecule has 5 N–H and O–H groups in total. The van der Waals surface area contributed by atoms with Crippen LogP contribution >= 0.6 is 0 Å². The first kappa shape index (κ1) is 8.70. The molecule has 2 heterocycles. The van der Waals surface area contributed by atoms with Gasteiger partial charge >= 0.3 is 0 Å². The summed E-state index contributed by atoms with van der Waals surface area (Å²) in [7, 11) is 0. The van der Waals surface area contributed by atoms with Crippen molar-refractivity contribution < 1.29 is 5.11 Å². The van der Waals surface area contributed by atoms with Gasteiger partial charge in [0.25, 0.3) is 0 Å². The van der Waals surface area contributed by atoms with Crippen LogP contribution < -0.4 is 11.1 Å². The molecule has 2 aromatic heterocycles. The Morgan fingerprint density at radius 1 is 1.50 bits per heavy atom. The molecule has 0 atom stereocenters. The quantitative estimate of drug-likeness (QED) is 0.516. The lowest BCUT2D eigenvalue weighted by atomic mass is 10.4. The summed E-state index contributed by atoms with van der Waals surface area (Å²) in [5.74, 6) is 0.933. The highest BCUT2D eigenvalue weighted by Gasteiger charge is 2.08. The van der Waals surface area contributed by atoms with Crippen LogP contribution in [0.15, 0.2) is 6.33 Å². The third-order valence-corrected chi connectivity index (χ3v) is 1.78. The maximum Gasteiger partial charge on any atom is 0.172 e. The Morgan fingerprint density at radius 3 is 3.14 bits per heavy atom. The molecule has 0 aliphatic rings. The van der Waals surface area contributed by atoms with Gasteiger partial charge in [-0.15, -0.1) is 0 Å². The molecule has 2 rings (SSSR count). The van der Waals surface area contributed by atoms with Crippen LogP contribution in [0.5, 0.6) is 0 Å². The van der Waals surface area contributed by atoms with Crippen molar-refractivity contribution in [2.24, 2.45) is 0 Å². The SMILES string of the molecule is Nc1n[nH]c2c(NCCO)ncnc12. The highest BCUT2D eigenvalue weighted by molar-refractivity contribution is 5.91. The number of nitrogens with zero attached hydrogens (tertiary/aromatic N) is 3. The molecule has 0 aromatic carbocycles. The molecule has 0 bridgehead atoms. The molecule has 0 radical (unpaired) electrons. The van der Waals surface area contributed by atoms with Crippen LogP contribution in [0.4, 0.5) is 11.6 Å². The standard InChI is InChI=1S/C7H10N6O/c8-6-4-5(12-13-6)7(9-1-2-14)11-3-10-4/h3,14H,1-2H2,(H3,8,12,13)(H,9,10,11). The number of hydrogen-bond donors (Lipinski definition) is 4. The summed E-state index contributed by atoms with van der Waals surface area (Å²) in [6.45, 7) is 0.458. The molecule has 0 fully saturated rings. The molecule has 0 saturated carbocycles. The molecule has 74 valence electrons. The molecule has 0 spiro atoms. The number of nitrogens with two attached hydrogens (primary N) is 1. The van der Waals surface area contributed by atoms with Crippen LogP contribution in [0, 0.1) is 0 Å². The summed E-state index contributed by atoms with van der Waals surface area (Å²) in [4.78, 5) is 7.97. The van der Waals surface area contributed by atoms with Crippen LogP contribution in [0.25, 0.3) is 11.0 Å². The fraction of sp³-hybridized carbons (Fsp3) is 0.286. The Labute approximate surface area is 79.4 Å². The van der Waals surface area contributed by atoms with E-state index in [0.29, 0.717) is 29.2 Å². The lowest BCUT2D eigenvalue weighted by molar-refractivity contribution is 0.311. The summed E-state index contributed by atoms with van der Waals surface area (Å²) in [5.41, 5.74) is 6.80. The first-order valence-corrected chi connectivity index (χ1v) is 4.12.